The molecule has 4 rings (SSSR count). The van der Waals surface area contributed by atoms with Gasteiger partial charge in [-0.1, -0.05) is 12.1 Å². The van der Waals surface area contributed by atoms with Crippen molar-refractivity contribution in [2.24, 2.45) is 0 Å². The third-order valence-electron chi connectivity index (χ3n) is 4.99. The van der Waals surface area contributed by atoms with Crippen LogP contribution >= 0.6 is 0 Å². The van der Waals surface area contributed by atoms with Crippen molar-refractivity contribution in [2.75, 3.05) is 32.9 Å². The van der Waals surface area contributed by atoms with Crippen LogP contribution in [0.25, 0.3) is 0 Å². The van der Waals surface area contributed by atoms with E-state index < -0.39 is 4.92 Å². The SMILES string of the molecule is O=[N+]([O-])c1cccc(OCCN2CCCC2c2ccc3c(c2)OCCO3)c1. The van der Waals surface area contributed by atoms with Crippen LogP contribution in [0.2, 0.25) is 0 Å². The number of ether oxygens (including phenoxy) is 3. The average molecular weight is 370 g/mol. The summed E-state index contributed by atoms with van der Waals surface area (Å²) >= 11 is 0. The second-order valence-electron chi connectivity index (χ2n) is 6.70. The third kappa shape index (κ3) is 3.98. The van der Waals surface area contributed by atoms with Gasteiger partial charge in [0.1, 0.15) is 25.6 Å². The minimum Gasteiger partial charge on any atom is -0.492 e. The molecule has 1 atom stereocenters. The second kappa shape index (κ2) is 7.84. The lowest BCUT2D eigenvalue weighted by molar-refractivity contribution is -0.384. The van der Waals surface area contributed by atoms with Gasteiger partial charge in [-0.05, 0) is 43.1 Å². The van der Waals surface area contributed by atoms with Gasteiger partial charge in [0.25, 0.3) is 5.69 Å². The number of nitro groups is 1. The predicted octanol–water partition coefficient (Wildman–Crippen LogP) is 3.58. The molecule has 0 N–H and O–H groups in total. The van der Waals surface area contributed by atoms with E-state index in [0.29, 0.717) is 31.6 Å². The van der Waals surface area contributed by atoms with Crippen molar-refractivity contribution in [3.8, 4) is 17.2 Å². The zero-order chi connectivity index (χ0) is 18.6. The average Bonchev–Trinajstić information content (AvgIpc) is 3.16. The van der Waals surface area contributed by atoms with Crippen molar-refractivity contribution in [3.63, 3.8) is 0 Å². The fraction of sp³-hybridized carbons (Fsp3) is 0.400. The first-order valence-electron chi connectivity index (χ1n) is 9.21. The molecule has 142 valence electrons. The van der Waals surface area contributed by atoms with Gasteiger partial charge in [-0.25, -0.2) is 0 Å². The molecule has 0 bridgehead atoms. The summed E-state index contributed by atoms with van der Waals surface area (Å²) in [5.41, 5.74) is 1.27. The van der Waals surface area contributed by atoms with Crippen molar-refractivity contribution in [1.29, 1.82) is 0 Å². The quantitative estimate of drug-likeness (QED) is 0.572. The molecule has 2 aromatic carbocycles. The zero-order valence-electron chi connectivity index (χ0n) is 15.0. The summed E-state index contributed by atoms with van der Waals surface area (Å²) < 4.78 is 17.0. The Hall–Kier alpha value is -2.80. The molecule has 0 aliphatic carbocycles. The molecule has 2 aromatic rings. The summed E-state index contributed by atoms with van der Waals surface area (Å²) in [7, 11) is 0. The number of fused-ring (bicyclic) bond motifs is 1. The second-order valence-corrected chi connectivity index (χ2v) is 6.70. The smallest absolute Gasteiger partial charge is 0.273 e. The lowest BCUT2D eigenvalue weighted by Crippen LogP contribution is -2.28. The molecule has 0 amide bonds. The molecular weight excluding hydrogens is 348 g/mol. The number of hydrogen-bond donors (Lipinski definition) is 0. The molecule has 2 heterocycles. The van der Waals surface area contributed by atoms with Gasteiger partial charge in [0.2, 0.25) is 0 Å². The minimum absolute atomic E-state index is 0.0443. The first-order chi connectivity index (χ1) is 13.2. The summed E-state index contributed by atoms with van der Waals surface area (Å²) in [4.78, 5) is 12.8. The van der Waals surface area contributed by atoms with Crippen molar-refractivity contribution in [2.45, 2.75) is 18.9 Å². The molecule has 0 radical (unpaired) electrons. The van der Waals surface area contributed by atoms with E-state index in [2.05, 4.69) is 17.0 Å². The Morgan fingerprint density at radius 2 is 2.00 bits per heavy atom. The van der Waals surface area contributed by atoms with E-state index in [1.165, 1.54) is 17.7 Å². The van der Waals surface area contributed by atoms with E-state index in [1.54, 1.807) is 12.1 Å². The molecule has 2 aliphatic heterocycles. The standard InChI is InChI=1S/C20H22N2O5/c23-22(24)16-3-1-4-17(14-16)25-10-9-21-8-2-5-18(21)15-6-7-19-20(13-15)27-12-11-26-19/h1,3-4,6-7,13-14,18H,2,5,8-12H2. The van der Waals surface area contributed by atoms with Crippen LogP contribution in [0.3, 0.4) is 0 Å². The number of rotatable bonds is 6. The summed E-state index contributed by atoms with van der Waals surface area (Å²) in [6.45, 7) is 3.44. The normalized spacial score (nSPS) is 19.0. The number of non-ortho nitro benzene ring substituents is 1. The Bertz CT molecular complexity index is 826. The molecular formula is C20H22N2O5. The fourth-order valence-corrected chi connectivity index (χ4v) is 3.71. The highest BCUT2D eigenvalue weighted by atomic mass is 16.6. The van der Waals surface area contributed by atoms with E-state index in [4.69, 9.17) is 14.2 Å². The maximum Gasteiger partial charge on any atom is 0.273 e. The number of likely N-dealkylation sites (tertiary alicyclic amines) is 1. The van der Waals surface area contributed by atoms with Gasteiger partial charge in [0.15, 0.2) is 11.5 Å². The Labute approximate surface area is 157 Å². The predicted molar refractivity (Wildman–Crippen MR) is 99.6 cm³/mol. The van der Waals surface area contributed by atoms with Crippen LogP contribution in [0.1, 0.15) is 24.4 Å². The largest absolute Gasteiger partial charge is 0.492 e. The van der Waals surface area contributed by atoms with Crippen LogP contribution in [0.5, 0.6) is 17.2 Å². The van der Waals surface area contributed by atoms with Gasteiger partial charge in [0, 0.05) is 18.7 Å². The summed E-state index contributed by atoms with van der Waals surface area (Å²) in [5.74, 6) is 2.15. The third-order valence-corrected chi connectivity index (χ3v) is 4.99. The van der Waals surface area contributed by atoms with Crippen molar-refractivity contribution in [1.82, 2.24) is 4.90 Å². The van der Waals surface area contributed by atoms with Crippen molar-refractivity contribution in [3.05, 3.63) is 58.1 Å². The van der Waals surface area contributed by atoms with Crippen LogP contribution in [0.15, 0.2) is 42.5 Å². The maximum absolute atomic E-state index is 10.9. The van der Waals surface area contributed by atoms with Gasteiger partial charge in [-0.3, -0.25) is 15.0 Å². The van der Waals surface area contributed by atoms with Crippen LogP contribution in [-0.2, 0) is 0 Å². The van der Waals surface area contributed by atoms with Crippen LogP contribution in [-0.4, -0.2) is 42.7 Å². The minimum atomic E-state index is -0.411. The van der Waals surface area contributed by atoms with Gasteiger partial charge >= 0.3 is 0 Å². The van der Waals surface area contributed by atoms with Crippen molar-refractivity contribution < 1.29 is 19.1 Å². The molecule has 2 aliphatic rings. The summed E-state index contributed by atoms with van der Waals surface area (Å²) in [6.07, 6.45) is 2.23. The van der Waals surface area contributed by atoms with E-state index in [9.17, 15) is 10.1 Å². The lowest BCUT2D eigenvalue weighted by Gasteiger charge is -2.26. The van der Waals surface area contributed by atoms with Gasteiger partial charge < -0.3 is 14.2 Å². The Morgan fingerprint density at radius 1 is 1.15 bits per heavy atom. The van der Waals surface area contributed by atoms with Gasteiger partial charge in [0.05, 0.1) is 11.0 Å². The molecule has 1 unspecified atom stereocenters. The van der Waals surface area contributed by atoms with Crippen molar-refractivity contribution >= 4 is 5.69 Å². The molecule has 27 heavy (non-hydrogen) atoms. The van der Waals surface area contributed by atoms with E-state index in [1.807, 2.05) is 6.07 Å². The number of hydrogen-bond acceptors (Lipinski definition) is 6. The zero-order valence-corrected chi connectivity index (χ0v) is 15.0. The van der Waals surface area contributed by atoms with Gasteiger partial charge in [-0.2, -0.15) is 0 Å². The molecule has 1 fully saturated rings. The maximum atomic E-state index is 10.9. The summed E-state index contributed by atoms with van der Waals surface area (Å²) in [5, 5.41) is 10.9. The highest BCUT2D eigenvalue weighted by molar-refractivity contribution is 5.45. The first-order valence-corrected chi connectivity index (χ1v) is 9.21. The number of nitrogens with zero attached hydrogens (tertiary/aromatic N) is 2. The molecule has 7 nitrogen and oxygen atoms in total. The monoisotopic (exact) mass is 370 g/mol. The Morgan fingerprint density at radius 3 is 2.85 bits per heavy atom. The Kier molecular flexibility index (Phi) is 5.11. The summed E-state index contributed by atoms with van der Waals surface area (Å²) in [6, 6.07) is 12.8. The first kappa shape index (κ1) is 17.6. The fourth-order valence-electron chi connectivity index (χ4n) is 3.71. The van der Waals surface area contributed by atoms with Gasteiger partial charge in [-0.15, -0.1) is 0 Å². The highest BCUT2D eigenvalue weighted by Gasteiger charge is 2.27. The van der Waals surface area contributed by atoms with E-state index >= 15 is 0 Å². The Balaban J connectivity index is 1.37. The number of nitro benzene ring substituents is 1. The molecule has 1 saturated heterocycles. The van der Waals surface area contributed by atoms with E-state index in [0.717, 1.165) is 37.4 Å². The van der Waals surface area contributed by atoms with Crippen LogP contribution < -0.4 is 14.2 Å². The highest BCUT2D eigenvalue weighted by Crippen LogP contribution is 2.37. The lowest BCUT2D eigenvalue weighted by atomic mass is 10.0. The molecule has 0 aromatic heterocycles. The number of benzene rings is 2. The molecule has 7 heteroatoms. The molecule has 0 saturated carbocycles. The van der Waals surface area contributed by atoms with Crippen LogP contribution in [0, 0.1) is 10.1 Å². The topological polar surface area (TPSA) is 74.1 Å². The molecule has 0 spiro atoms. The van der Waals surface area contributed by atoms with E-state index in [-0.39, 0.29) is 5.69 Å². The van der Waals surface area contributed by atoms with Crippen LogP contribution in [0.4, 0.5) is 5.69 Å².